The molecule has 0 spiro atoms. The average Bonchev–Trinajstić information content (AvgIpc) is 2.97. The topological polar surface area (TPSA) is 61.8 Å². The van der Waals surface area contributed by atoms with Crippen LogP contribution in [0.1, 0.15) is 40.0 Å². The molecule has 26 heavy (non-hydrogen) atoms. The minimum absolute atomic E-state index is 0.260. The first-order chi connectivity index (χ1) is 12.3. The number of ether oxygens (including phenoxy) is 1. The minimum Gasteiger partial charge on any atom is -0.444 e. The summed E-state index contributed by atoms with van der Waals surface area (Å²) in [5.41, 5.74) is -0.482. The van der Waals surface area contributed by atoms with E-state index in [9.17, 15) is 4.79 Å². The molecule has 2 fully saturated rings. The normalized spacial score (nSPS) is 18.8. The van der Waals surface area contributed by atoms with Crippen molar-refractivity contribution in [2.45, 2.75) is 45.6 Å². The standard InChI is InChI=1S/C18H28ClN5O2/c1-18(2,3)26-17(25)24-10-6-9-23(11-12-24)16-20-14(19)13-15(21-16)22-7-4-5-8-22/h13H,4-12H2,1-3H3. The van der Waals surface area contributed by atoms with Crippen LogP contribution in [0.25, 0.3) is 0 Å². The summed E-state index contributed by atoms with van der Waals surface area (Å²) >= 11 is 6.25. The largest absolute Gasteiger partial charge is 0.444 e. The van der Waals surface area contributed by atoms with Gasteiger partial charge in [-0.3, -0.25) is 0 Å². The first-order valence-electron chi connectivity index (χ1n) is 9.34. The summed E-state index contributed by atoms with van der Waals surface area (Å²) in [6.45, 7) is 10.4. The van der Waals surface area contributed by atoms with Gasteiger partial charge in [0.25, 0.3) is 0 Å². The quantitative estimate of drug-likeness (QED) is 0.733. The van der Waals surface area contributed by atoms with E-state index in [1.54, 1.807) is 4.90 Å². The molecular formula is C18H28ClN5O2. The third kappa shape index (κ3) is 4.90. The Kier molecular flexibility index (Phi) is 5.75. The maximum Gasteiger partial charge on any atom is 0.410 e. The molecule has 0 aliphatic carbocycles. The van der Waals surface area contributed by atoms with Crippen molar-refractivity contribution < 1.29 is 9.53 Å². The molecule has 0 bridgehead atoms. The van der Waals surface area contributed by atoms with Gasteiger partial charge in [0.1, 0.15) is 16.6 Å². The van der Waals surface area contributed by atoms with Crippen molar-refractivity contribution in [2.75, 3.05) is 49.1 Å². The van der Waals surface area contributed by atoms with Crippen molar-refractivity contribution in [3.05, 3.63) is 11.2 Å². The zero-order chi connectivity index (χ0) is 18.7. The number of aromatic nitrogens is 2. The van der Waals surface area contributed by atoms with Crippen LogP contribution in [-0.2, 0) is 4.74 Å². The molecule has 7 nitrogen and oxygen atoms in total. The number of anilines is 2. The van der Waals surface area contributed by atoms with Crippen LogP contribution >= 0.6 is 11.6 Å². The number of nitrogens with zero attached hydrogens (tertiary/aromatic N) is 5. The molecule has 0 atom stereocenters. The van der Waals surface area contributed by atoms with E-state index in [1.165, 1.54) is 12.8 Å². The van der Waals surface area contributed by atoms with Crippen LogP contribution in [0.5, 0.6) is 0 Å². The van der Waals surface area contributed by atoms with E-state index in [0.717, 1.165) is 31.9 Å². The number of hydrogen-bond donors (Lipinski definition) is 0. The highest BCUT2D eigenvalue weighted by Crippen LogP contribution is 2.24. The fourth-order valence-corrected chi connectivity index (χ4v) is 3.44. The van der Waals surface area contributed by atoms with E-state index >= 15 is 0 Å². The Morgan fingerprint density at radius 2 is 1.69 bits per heavy atom. The minimum atomic E-state index is -0.482. The van der Waals surface area contributed by atoms with Crippen LogP contribution in [0.15, 0.2) is 6.07 Å². The summed E-state index contributed by atoms with van der Waals surface area (Å²) in [5, 5.41) is 0.463. The van der Waals surface area contributed by atoms with E-state index in [4.69, 9.17) is 21.3 Å². The maximum absolute atomic E-state index is 12.3. The van der Waals surface area contributed by atoms with Crippen LogP contribution in [-0.4, -0.2) is 65.8 Å². The Bertz CT molecular complexity index is 643. The first kappa shape index (κ1) is 19.0. The lowest BCUT2D eigenvalue weighted by Crippen LogP contribution is -2.39. The third-order valence-electron chi connectivity index (χ3n) is 4.53. The number of carbonyl (C=O) groups excluding carboxylic acids is 1. The Morgan fingerprint density at radius 1 is 1.00 bits per heavy atom. The summed E-state index contributed by atoms with van der Waals surface area (Å²) < 4.78 is 5.49. The molecule has 1 amide bonds. The summed E-state index contributed by atoms with van der Waals surface area (Å²) in [6.07, 6.45) is 2.95. The van der Waals surface area contributed by atoms with Crippen LogP contribution in [0.4, 0.5) is 16.6 Å². The lowest BCUT2D eigenvalue weighted by atomic mass is 10.2. The lowest BCUT2D eigenvalue weighted by Gasteiger charge is -2.26. The smallest absolute Gasteiger partial charge is 0.410 e. The fraction of sp³-hybridized carbons (Fsp3) is 0.722. The maximum atomic E-state index is 12.3. The second-order valence-electron chi connectivity index (χ2n) is 7.85. The molecule has 2 saturated heterocycles. The van der Waals surface area contributed by atoms with Crippen LogP contribution in [0.3, 0.4) is 0 Å². The Hall–Kier alpha value is -1.76. The molecule has 0 N–H and O–H groups in total. The molecule has 1 aromatic heterocycles. The molecule has 2 aliphatic rings. The summed E-state index contributed by atoms with van der Waals surface area (Å²) in [6, 6.07) is 1.83. The highest BCUT2D eigenvalue weighted by Gasteiger charge is 2.26. The van der Waals surface area contributed by atoms with E-state index in [0.29, 0.717) is 30.7 Å². The Morgan fingerprint density at radius 3 is 2.38 bits per heavy atom. The predicted octanol–water partition coefficient (Wildman–Crippen LogP) is 3.18. The number of carbonyl (C=O) groups is 1. The summed E-state index contributed by atoms with van der Waals surface area (Å²) in [5.74, 6) is 1.54. The van der Waals surface area contributed by atoms with Gasteiger partial charge in [-0.2, -0.15) is 4.98 Å². The van der Waals surface area contributed by atoms with E-state index in [2.05, 4.69) is 14.8 Å². The van der Waals surface area contributed by atoms with Gasteiger partial charge >= 0.3 is 6.09 Å². The zero-order valence-electron chi connectivity index (χ0n) is 15.9. The highest BCUT2D eigenvalue weighted by atomic mass is 35.5. The number of rotatable bonds is 2. The van der Waals surface area contributed by atoms with Gasteiger partial charge in [0.2, 0.25) is 5.95 Å². The van der Waals surface area contributed by atoms with Gasteiger partial charge < -0.3 is 19.4 Å². The molecule has 8 heteroatoms. The second kappa shape index (κ2) is 7.86. The van der Waals surface area contributed by atoms with Gasteiger partial charge in [-0.25, -0.2) is 9.78 Å². The van der Waals surface area contributed by atoms with Crippen LogP contribution in [0.2, 0.25) is 5.15 Å². The summed E-state index contributed by atoms with van der Waals surface area (Å²) in [4.78, 5) is 27.6. The molecule has 0 saturated carbocycles. The monoisotopic (exact) mass is 381 g/mol. The Labute approximate surface area is 160 Å². The molecule has 1 aromatic rings. The van der Waals surface area contributed by atoms with Crippen LogP contribution in [0, 0.1) is 0 Å². The van der Waals surface area contributed by atoms with Gasteiger partial charge in [0.15, 0.2) is 0 Å². The van der Waals surface area contributed by atoms with Crippen molar-refractivity contribution >= 4 is 29.5 Å². The number of hydrogen-bond acceptors (Lipinski definition) is 6. The van der Waals surface area contributed by atoms with Crippen molar-refractivity contribution in [1.29, 1.82) is 0 Å². The molecular weight excluding hydrogens is 354 g/mol. The molecule has 0 unspecified atom stereocenters. The molecule has 3 heterocycles. The Balaban J connectivity index is 1.68. The van der Waals surface area contributed by atoms with E-state index in [1.807, 2.05) is 26.8 Å². The lowest BCUT2D eigenvalue weighted by molar-refractivity contribution is 0.0263. The number of amides is 1. The van der Waals surface area contributed by atoms with Crippen molar-refractivity contribution in [1.82, 2.24) is 14.9 Å². The van der Waals surface area contributed by atoms with Crippen LogP contribution < -0.4 is 9.80 Å². The molecule has 144 valence electrons. The zero-order valence-corrected chi connectivity index (χ0v) is 16.6. The van der Waals surface area contributed by atoms with Crippen molar-refractivity contribution in [3.63, 3.8) is 0 Å². The third-order valence-corrected chi connectivity index (χ3v) is 4.72. The predicted molar refractivity (Wildman–Crippen MR) is 103 cm³/mol. The highest BCUT2D eigenvalue weighted by molar-refractivity contribution is 6.29. The number of halogens is 1. The average molecular weight is 382 g/mol. The fourth-order valence-electron chi connectivity index (χ4n) is 3.27. The van der Waals surface area contributed by atoms with Gasteiger partial charge in [-0.15, -0.1) is 0 Å². The molecule has 3 rings (SSSR count). The molecule has 2 aliphatic heterocycles. The van der Waals surface area contributed by atoms with Gasteiger partial charge in [-0.1, -0.05) is 11.6 Å². The van der Waals surface area contributed by atoms with E-state index in [-0.39, 0.29) is 6.09 Å². The second-order valence-corrected chi connectivity index (χ2v) is 8.24. The SMILES string of the molecule is CC(C)(C)OC(=O)N1CCCN(c2nc(Cl)cc(N3CCCC3)n2)CC1. The van der Waals surface area contributed by atoms with Crippen molar-refractivity contribution in [2.24, 2.45) is 0 Å². The first-order valence-corrected chi connectivity index (χ1v) is 9.72. The molecule has 0 aromatic carbocycles. The summed E-state index contributed by atoms with van der Waals surface area (Å²) in [7, 11) is 0. The van der Waals surface area contributed by atoms with Gasteiger partial charge in [0, 0.05) is 45.3 Å². The van der Waals surface area contributed by atoms with E-state index < -0.39 is 5.60 Å². The van der Waals surface area contributed by atoms with Crippen molar-refractivity contribution in [3.8, 4) is 0 Å². The molecule has 0 radical (unpaired) electrons. The van der Waals surface area contributed by atoms with Gasteiger partial charge in [-0.05, 0) is 40.0 Å². The van der Waals surface area contributed by atoms with Gasteiger partial charge in [0.05, 0.1) is 0 Å².